The monoisotopic (exact) mass is 566 g/mol. The van der Waals surface area contributed by atoms with Gasteiger partial charge < -0.3 is 19.9 Å². The van der Waals surface area contributed by atoms with Crippen LogP contribution in [0.25, 0.3) is 0 Å². The fraction of sp³-hybridized carbons (Fsp3) is 0.962. The van der Waals surface area contributed by atoms with Crippen LogP contribution in [-0.2, 0) is 14.9 Å². The zero-order chi connectivity index (χ0) is 27.3. The molecule has 4 saturated carbocycles. The van der Waals surface area contributed by atoms with Crippen molar-refractivity contribution in [1.29, 1.82) is 0 Å². The van der Waals surface area contributed by atoms with Gasteiger partial charge in [-0.1, -0.05) is 20.8 Å². The molecule has 212 valence electrons. The second-order valence-corrected chi connectivity index (χ2v) is 14.4. The van der Waals surface area contributed by atoms with Crippen molar-refractivity contribution < 1.29 is 62.6 Å². The molecule has 4 aliphatic rings. The summed E-state index contributed by atoms with van der Waals surface area (Å²) in [5.74, 6) is -0.553. The molecule has 0 radical (unpaired) electrons. The van der Waals surface area contributed by atoms with Crippen LogP contribution in [0.1, 0.15) is 78.6 Å². The van der Waals surface area contributed by atoms with Gasteiger partial charge >= 0.3 is 29.6 Å². The number of nitrogens with zero attached hydrogens (tertiary/aromatic N) is 2. The number of nitroso groups, excluding NO2 is 1. The van der Waals surface area contributed by atoms with E-state index in [0.717, 1.165) is 32.1 Å². The number of hydrogen-bond acceptors (Lipinski definition) is 9. The summed E-state index contributed by atoms with van der Waals surface area (Å²) < 4.78 is 32.6. The molecule has 0 spiro atoms. The number of hydrogen-bond donors (Lipinski definition) is 3. The first-order valence-electron chi connectivity index (χ1n) is 13.8. The first kappa shape index (κ1) is 32.4. The van der Waals surface area contributed by atoms with Crippen LogP contribution in [-0.4, -0.2) is 69.8 Å². The third kappa shape index (κ3) is 5.91. The molecule has 0 aromatic heterocycles. The number of aliphatic hydroxyl groups excluding tert-OH is 3. The molecule has 0 saturated heterocycles. The quantitative estimate of drug-likeness (QED) is 0.152. The van der Waals surface area contributed by atoms with Gasteiger partial charge in [0.15, 0.2) is 0 Å². The average Bonchev–Trinajstić information content (AvgIpc) is 3.17. The Hall–Kier alpha value is -0.140. The summed E-state index contributed by atoms with van der Waals surface area (Å²) in [4.78, 5) is 23.5. The molecule has 0 aromatic rings. The Morgan fingerprint density at radius 3 is 2.42 bits per heavy atom. The summed E-state index contributed by atoms with van der Waals surface area (Å²) in [5.41, 5.74) is -0.397. The molecule has 3 N–H and O–H groups in total. The fourth-order valence-corrected chi connectivity index (χ4v) is 9.62. The molecule has 11 atom stereocenters. The number of carbonyl (C=O) groups excluding carboxylic acids is 1. The second kappa shape index (κ2) is 12.0. The number of fused-ring (bicyclic) bond motifs is 5. The van der Waals surface area contributed by atoms with E-state index in [0.29, 0.717) is 24.3 Å². The molecule has 38 heavy (non-hydrogen) atoms. The molecular weight excluding hydrogens is 523 g/mol. The molecule has 4 fully saturated rings. The first-order valence-corrected chi connectivity index (χ1v) is 15.4. The molecule has 4 unspecified atom stereocenters. The standard InChI is InChI=1S/C26H44N2O8S.Na/c1-15(4-7-23(32)28(27-33)10-11-37(34,35)36)18-5-6-19-24-20(14-22(31)26(18,19)3)25(2)9-8-17(29)12-16(25)13-21(24)30;/h15-22,24,29-31H,4-14H2,1-3H3,(H,34,35,36);/q;+1/p-1/t15-,16+,17-,18-,19?,20?,21?,22+,24?,25+,26-;/m1./s1. The van der Waals surface area contributed by atoms with Gasteiger partial charge in [-0.3, -0.25) is 4.79 Å². The Morgan fingerprint density at radius 2 is 1.79 bits per heavy atom. The van der Waals surface area contributed by atoms with E-state index in [2.05, 4.69) is 19.1 Å². The van der Waals surface area contributed by atoms with E-state index in [4.69, 9.17) is 0 Å². The maximum absolute atomic E-state index is 12.5. The molecule has 4 aliphatic carbocycles. The number of carbonyl (C=O) groups is 1. The summed E-state index contributed by atoms with van der Waals surface area (Å²) >= 11 is 0. The average molecular weight is 567 g/mol. The summed E-state index contributed by atoms with van der Waals surface area (Å²) in [5, 5.41) is 36.4. The summed E-state index contributed by atoms with van der Waals surface area (Å²) in [6, 6.07) is 0. The van der Waals surface area contributed by atoms with Crippen molar-refractivity contribution in [2.24, 2.45) is 51.6 Å². The van der Waals surface area contributed by atoms with E-state index in [1.807, 2.05) is 6.92 Å². The van der Waals surface area contributed by atoms with Crippen molar-refractivity contribution in [2.75, 3.05) is 12.3 Å². The van der Waals surface area contributed by atoms with Crippen molar-refractivity contribution in [1.82, 2.24) is 5.01 Å². The zero-order valence-electron chi connectivity index (χ0n) is 23.2. The fourth-order valence-electron chi connectivity index (χ4n) is 9.22. The van der Waals surface area contributed by atoms with Gasteiger partial charge in [-0.05, 0) is 97.7 Å². The van der Waals surface area contributed by atoms with Gasteiger partial charge in [0.2, 0.25) is 5.91 Å². The summed E-state index contributed by atoms with van der Waals surface area (Å²) in [7, 11) is -4.57. The minimum atomic E-state index is -4.57. The Bertz CT molecular complexity index is 984. The Kier molecular flexibility index (Phi) is 10.2. The van der Waals surface area contributed by atoms with E-state index in [1.54, 1.807) is 0 Å². The van der Waals surface area contributed by atoms with Crippen molar-refractivity contribution in [3.8, 4) is 0 Å². The molecule has 0 aromatic carbocycles. The minimum Gasteiger partial charge on any atom is -0.748 e. The summed E-state index contributed by atoms with van der Waals surface area (Å²) in [6.45, 7) is 5.93. The largest absolute Gasteiger partial charge is 1.00 e. The Labute approximate surface area is 248 Å². The van der Waals surface area contributed by atoms with Gasteiger partial charge in [-0.25, -0.2) is 8.42 Å². The maximum atomic E-state index is 12.5. The van der Waals surface area contributed by atoms with Gasteiger partial charge in [0.25, 0.3) is 0 Å². The van der Waals surface area contributed by atoms with E-state index in [1.165, 1.54) is 0 Å². The first-order chi connectivity index (χ1) is 17.2. The van der Waals surface area contributed by atoms with Crippen LogP contribution in [0, 0.1) is 51.2 Å². The number of rotatable bonds is 8. The van der Waals surface area contributed by atoms with E-state index in [-0.39, 0.29) is 83.0 Å². The maximum Gasteiger partial charge on any atom is 1.00 e. The van der Waals surface area contributed by atoms with Crippen molar-refractivity contribution in [3.05, 3.63) is 4.91 Å². The third-order valence-electron chi connectivity index (χ3n) is 11.3. The summed E-state index contributed by atoms with van der Waals surface area (Å²) in [6.07, 6.45) is 4.66. The van der Waals surface area contributed by atoms with Crippen molar-refractivity contribution in [2.45, 2.75) is 96.9 Å². The van der Waals surface area contributed by atoms with Crippen molar-refractivity contribution in [3.63, 3.8) is 0 Å². The minimum absolute atomic E-state index is 0. The topological polar surface area (TPSA) is 168 Å². The molecular formula is C26H43N2NaO8S. The normalized spacial score (nSPS) is 43.1. The molecule has 0 bridgehead atoms. The Morgan fingerprint density at radius 1 is 1.11 bits per heavy atom. The van der Waals surface area contributed by atoms with Crippen LogP contribution in [0.15, 0.2) is 5.29 Å². The van der Waals surface area contributed by atoms with Gasteiger partial charge in [-0.15, -0.1) is 4.91 Å². The molecule has 4 rings (SSSR count). The van der Waals surface area contributed by atoms with E-state index >= 15 is 0 Å². The van der Waals surface area contributed by atoms with Crippen LogP contribution in [0.4, 0.5) is 0 Å². The zero-order valence-corrected chi connectivity index (χ0v) is 26.0. The predicted molar refractivity (Wildman–Crippen MR) is 134 cm³/mol. The van der Waals surface area contributed by atoms with E-state index < -0.39 is 45.9 Å². The molecule has 0 aliphatic heterocycles. The van der Waals surface area contributed by atoms with Crippen LogP contribution >= 0.6 is 0 Å². The number of amides is 1. The van der Waals surface area contributed by atoms with Gasteiger partial charge in [0.05, 0.1) is 46.0 Å². The molecule has 0 heterocycles. The second-order valence-electron chi connectivity index (χ2n) is 12.9. The molecule has 10 nitrogen and oxygen atoms in total. The third-order valence-corrected chi connectivity index (χ3v) is 12.0. The molecule has 12 heteroatoms. The van der Waals surface area contributed by atoms with Crippen LogP contribution in [0.5, 0.6) is 0 Å². The van der Waals surface area contributed by atoms with Gasteiger partial charge in [-0.2, -0.15) is 5.01 Å². The van der Waals surface area contributed by atoms with Gasteiger partial charge in [0, 0.05) is 6.42 Å². The molecule has 1 amide bonds. The van der Waals surface area contributed by atoms with Crippen molar-refractivity contribution >= 4 is 16.0 Å². The van der Waals surface area contributed by atoms with Crippen LogP contribution in [0.3, 0.4) is 0 Å². The smallest absolute Gasteiger partial charge is 0.748 e. The van der Waals surface area contributed by atoms with Gasteiger partial charge in [0.1, 0.15) is 0 Å². The van der Waals surface area contributed by atoms with E-state index in [9.17, 15) is 38.0 Å². The Balaban J connectivity index is 0.00000400. The van der Waals surface area contributed by atoms with Crippen LogP contribution in [0.2, 0.25) is 0 Å². The number of aliphatic hydroxyl groups is 3. The SMILES string of the molecule is C[C@H](CCC(=O)N(CCS(=O)(=O)[O-])N=O)[C@H]1CCC2C3C(O)C[C@@H]4C[C@H](O)CC[C@]4(C)C3C[C@H](O)[C@@]21C.[Na+]. The van der Waals surface area contributed by atoms with Crippen LogP contribution < -0.4 is 29.6 Å². The predicted octanol–water partition coefficient (Wildman–Crippen LogP) is -0.577.